The van der Waals surface area contributed by atoms with E-state index in [1.807, 2.05) is 0 Å². The molecule has 2 aromatic heterocycles. The number of rotatable bonds is 3. The van der Waals surface area contributed by atoms with Crippen molar-refractivity contribution >= 4 is 0 Å². The van der Waals surface area contributed by atoms with Gasteiger partial charge in [-0.15, -0.1) is 0 Å². The number of hydrogen-bond acceptors (Lipinski definition) is 5. The van der Waals surface area contributed by atoms with E-state index in [9.17, 15) is 13.2 Å². The Bertz CT molecular complexity index is 516. The van der Waals surface area contributed by atoms with Crippen LogP contribution in [-0.2, 0) is 18.3 Å². The zero-order chi connectivity index (χ0) is 14.3. The van der Waals surface area contributed by atoms with Gasteiger partial charge in [-0.05, 0) is 19.9 Å². The molecule has 0 aliphatic carbocycles. The number of aromatic nitrogens is 4. The molecule has 0 radical (unpaired) electrons. The van der Waals surface area contributed by atoms with Gasteiger partial charge in [-0.3, -0.25) is 4.68 Å². The Kier molecular flexibility index (Phi) is 3.09. The van der Waals surface area contributed by atoms with E-state index in [0.717, 1.165) is 10.7 Å². The molecule has 0 unspecified atom stereocenters. The minimum Gasteiger partial charge on any atom is -0.337 e. The van der Waals surface area contributed by atoms with Gasteiger partial charge in [0.15, 0.2) is 11.5 Å². The van der Waals surface area contributed by atoms with Gasteiger partial charge in [-0.1, -0.05) is 5.16 Å². The van der Waals surface area contributed by atoms with Gasteiger partial charge in [0.25, 0.3) is 0 Å². The lowest BCUT2D eigenvalue weighted by atomic mass is 10.1. The van der Waals surface area contributed by atoms with Crippen molar-refractivity contribution in [1.82, 2.24) is 19.9 Å². The summed E-state index contributed by atoms with van der Waals surface area (Å²) < 4.78 is 43.0. The van der Waals surface area contributed by atoms with Gasteiger partial charge < -0.3 is 10.3 Å². The van der Waals surface area contributed by atoms with Crippen LogP contribution in [-0.4, -0.2) is 19.9 Å². The average Bonchev–Trinajstić information content (AvgIpc) is 2.84. The Balaban J connectivity index is 2.14. The van der Waals surface area contributed by atoms with Crippen molar-refractivity contribution in [3.05, 3.63) is 29.7 Å². The minimum absolute atomic E-state index is 0.0425. The largest absolute Gasteiger partial charge is 0.435 e. The van der Waals surface area contributed by atoms with Gasteiger partial charge in [-0.25, -0.2) is 0 Å². The SMILES string of the molecule is CC(C)(N)c1noc(Cn2ccc(C(F)(F)F)n2)n1. The fourth-order valence-corrected chi connectivity index (χ4v) is 1.32. The second-order valence-corrected chi connectivity index (χ2v) is 4.63. The van der Waals surface area contributed by atoms with Crippen LogP contribution in [0.25, 0.3) is 0 Å². The van der Waals surface area contributed by atoms with Crippen molar-refractivity contribution in [2.24, 2.45) is 5.73 Å². The summed E-state index contributed by atoms with van der Waals surface area (Å²) in [6.45, 7) is 3.34. The molecule has 104 valence electrons. The molecular weight excluding hydrogens is 263 g/mol. The van der Waals surface area contributed by atoms with Crippen LogP contribution in [0.1, 0.15) is 31.3 Å². The van der Waals surface area contributed by atoms with Gasteiger partial charge in [0, 0.05) is 6.20 Å². The van der Waals surface area contributed by atoms with Gasteiger partial charge >= 0.3 is 6.18 Å². The van der Waals surface area contributed by atoms with Crippen LogP contribution < -0.4 is 5.73 Å². The topological polar surface area (TPSA) is 82.8 Å². The zero-order valence-electron chi connectivity index (χ0n) is 10.3. The Morgan fingerprint density at radius 1 is 1.37 bits per heavy atom. The van der Waals surface area contributed by atoms with E-state index >= 15 is 0 Å². The third-order valence-electron chi connectivity index (χ3n) is 2.27. The molecule has 0 aliphatic rings. The van der Waals surface area contributed by atoms with E-state index in [1.54, 1.807) is 13.8 Å². The van der Waals surface area contributed by atoms with E-state index in [1.165, 1.54) is 6.20 Å². The minimum atomic E-state index is -4.47. The van der Waals surface area contributed by atoms with E-state index in [4.69, 9.17) is 10.3 Å². The van der Waals surface area contributed by atoms with Crippen molar-refractivity contribution in [3.63, 3.8) is 0 Å². The molecule has 2 aromatic rings. The second kappa shape index (κ2) is 4.34. The van der Waals surface area contributed by atoms with Crippen molar-refractivity contribution in [2.45, 2.75) is 32.1 Å². The molecule has 0 saturated carbocycles. The molecular formula is C10H12F3N5O. The summed E-state index contributed by atoms with van der Waals surface area (Å²) in [5.74, 6) is 0.427. The molecule has 0 spiro atoms. The average molecular weight is 275 g/mol. The molecule has 0 saturated heterocycles. The Morgan fingerprint density at radius 3 is 2.53 bits per heavy atom. The lowest BCUT2D eigenvalue weighted by Crippen LogP contribution is -2.30. The highest BCUT2D eigenvalue weighted by molar-refractivity contribution is 5.04. The number of alkyl halides is 3. The van der Waals surface area contributed by atoms with Crippen molar-refractivity contribution in [3.8, 4) is 0 Å². The Hall–Kier alpha value is -1.90. The molecule has 0 amide bonds. The highest BCUT2D eigenvalue weighted by atomic mass is 19.4. The summed E-state index contributed by atoms with van der Waals surface area (Å²) in [6.07, 6.45) is -3.27. The summed E-state index contributed by atoms with van der Waals surface area (Å²) in [7, 11) is 0. The Labute approximate surface area is 106 Å². The molecule has 19 heavy (non-hydrogen) atoms. The molecule has 0 atom stereocenters. The number of hydrogen-bond donors (Lipinski definition) is 1. The van der Waals surface area contributed by atoms with Gasteiger partial charge in [0.05, 0.1) is 5.54 Å². The third-order valence-corrected chi connectivity index (χ3v) is 2.27. The highest BCUT2D eigenvalue weighted by Crippen LogP contribution is 2.27. The van der Waals surface area contributed by atoms with Crippen LogP contribution in [0.2, 0.25) is 0 Å². The molecule has 0 fully saturated rings. The fraction of sp³-hybridized carbons (Fsp3) is 0.500. The van der Waals surface area contributed by atoms with Crippen molar-refractivity contribution < 1.29 is 17.7 Å². The fourth-order valence-electron chi connectivity index (χ4n) is 1.32. The predicted molar refractivity (Wildman–Crippen MR) is 57.8 cm³/mol. The summed E-state index contributed by atoms with van der Waals surface area (Å²) in [5.41, 5.74) is 4.03. The molecule has 2 heterocycles. The zero-order valence-corrected chi connectivity index (χ0v) is 10.3. The molecule has 0 aliphatic heterocycles. The van der Waals surface area contributed by atoms with Crippen molar-refractivity contribution in [1.29, 1.82) is 0 Å². The standard InChI is InChI=1S/C10H12F3N5O/c1-9(2,14)8-15-7(19-17-8)5-18-4-3-6(16-18)10(11,12)13/h3-4H,5,14H2,1-2H3. The summed E-state index contributed by atoms with van der Waals surface area (Å²) in [6, 6.07) is 0.879. The molecule has 0 bridgehead atoms. The maximum atomic E-state index is 12.4. The number of nitrogens with two attached hydrogens (primary N) is 1. The summed E-state index contributed by atoms with van der Waals surface area (Å²) >= 11 is 0. The van der Waals surface area contributed by atoms with Gasteiger partial charge in [-0.2, -0.15) is 23.3 Å². The highest BCUT2D eigenvalue weighted by Gasteiger charge is 2.33. The lowest BCUT2D eigenvalue weighted by Gasteiger charge is -2.11. The van der Waals surface area contributed by atoms with Crippen LogP contribution >= 0.6 is 0 Å². The lowest BCUT2D eigenvalue weighted by molar-refractivity contribution is -0.141. The third kappa shape index (κ3) is 3.11. The smallest absolute Gasteiger partial charge is 0.337 e. The Morgan fingerprint density at radius 2 is 2.05 bits per heavy atom. The van der Waals surface area contributed by atoms with Crippen LogP contribution in [0.15, 0.2) is 16.8 Å². The first-order chi connectivity index (χ1) is 8.66. The second-order valence-electron chi connectivity index (χ2n) is 4.63. The molecule has 0 aromatic carbocycles. The first-order valence-corrected chi connectivity index (χ1v) is 5.39. The van der Waals surface area contributed by atoms with Crippen LogP contribution in [0, 0.1) is 0 Å². The monoisotopic (exact) mass is 275 g/mol. The summed E-state index contributed by atoms with van der Waals surface area (Å²) in [5, 5.41) is 7.05. The van der Waals surface area contributed by atoms with E-state index < -0.39 is 17.4 Å². The first kappa shape index (κ1) is 13.5. The van der Waals surface area contributed by atoms with E-state index in [2.05, 4.69) is 15.2 Å². The van der Waals surface area contributed by atoms with Gasteiger partial charge in [0.1, 0.15) is 6.54 Å². The van der Waals surface area contributed by atoms with Crippen LogP contribution in [0.3, 0.4) is 0 Å². The van der Waals surface area contributed by atoms with Gasteiger partial charge in [0.2, 0.25) is 5.89 Å². The molecule has 2 rings (SSSR count). The van der Waals surface area contributed by atoms with Crippen LogP contribution in [0.5, 0.6) is 0 Å². The quantitative estimate of drug-likeness (QED) is 0.918. The number of halogens is 3. The van der Waals surface area contributed by atoms with Crippen LogP contribution in [0.4, 0.5) is 13.2 Å². The maximum absolute atomic E-state index is 12.4. The predicted octanol–water partition coefficient (Wildman–Crippen LogP) is 1.53. The van der Waals surface area contributed by atoms with Crippen molar-refractivity contribution in [2.75, 3.05) is 0 Å². The number of nitrogens with zero attached hydrogens (tertiary/aromatic N) is 4. The maximum Gasteiger partial charge on any atom is 0.435 e. The normalized spacial score (nSPS) is 12.9. The molecule has 2 N–H and O–H groups in total. The first-order valence-electron chi connectivity index (χ1n) is 5.39. The molecule has 9 heteroatoms. The molecule has 6 nitrogen and oxygen atoms in total. The van der Waals surface area contributed by atoms with E-state index in [0.29, 0.717) is 0 Å². The van der Waals surface area contributed by atoms with E-state index in [-0.39, 0.29) is 18.3 Å². The summed E-state index contributed by atoms with van der Waals surface area (Å²) in [4.78, 5) is 4.00.